The summed E-state index contributed by atoms with van der Waals surface area (Å²) in [6.45, 7) is 2.33. The summed E-state index contributed by atoms with van der Waals surface area (Å²) in [6.07, 6.45) is 0. The summed E-state index contributed by atoms with van der Waals surface area (Å²) < 4.78 is 5.00. The summed E-state index contributed by atoms with van der Waals surface area (Å²) in [5.74, 6) is 0.565. The van der Waals surface area contributed by atoms with Gasteiger partial charge in [-0.2, -0.15) is 0 Å². The topological polar surface area (TPSA) is 64.3 Å². The van der Waals surface area contributed by atoms with Crippen LogP contribution in [0, 0.1) is 5.92 Å². The fourth-order valence-electron chi connectivity index (χ4n) is 0.978. The molecule has 0 spiro atoms. The zero-order chi connectivity index (χ0) is 12.1. The van der Waals surface area contributed by atoms with Crippen LogP contribution < -0.4 is 15.8 Å². The lowest BCUT2D eigenvalue weighted by Crippen LogP contribution is -2.33. The molecule has 88 valence electrons. The second-order valence-corrected chi connectivity index (χ2v) is 4.75. The Kier molecular flexibility index (Phi) is 4.70. The van der Waals surface area contributed by atoms with Crippen LogP contribution in [-0.2, 0) is 0 Å². The highest BCUT2D eigenvalue weighted by molar-refractivity contribution is 7.80. The van der Waals surface area contributed by atoms with Gasteiger partial charge in [0.15, 0.2) is 0 Å². The van der Waals surface area contributed by atoms with E-state index in [9.17, 15) is 4.79 Å². The van der Waals surface area contributed by atoms with Crippen LogP contribution in [0.25, 0.3) is 0 Å². The summed E-state index contributed by atoms with van der Waals surface area (Å²) in [6, 6.07) is 1.70. The Labute approximate surface area is 104 Å². The van der Waals surface area contributed by atoms with Gasteiger partial charge in [0.1, 0.15) is 5.75 Å². The molecule has 0 aromatic carbocycles. The molecule has 1 unspecified atom stereocenters. The van der Waals surface area contributed by atoms with E-state index in [1.807, 2.05) is 6.92 Å². The smallest absolute Gasteiger partial charge is 0.261 e. The lowest BCUT2D eigenvalue weighted by molar-refractivity contribution is 0.0955. The van der Waals surface area contributed by atoms with Gasteiger partial charge in [-0.15, -0.1) is 11.3 Å². The average Bonchev–Trinajstić information content (AvgIpc) is 2.73. The third-order valence-electron chi connectivity index (χ3n) is 2.09. The Bertz CT molecular complexity index is 390. The average molecular weight is 258 g/mol. The highest BCUT2D eigenvalue weighted by Crippen LogP contribution is 2.20. The SMILES string of the molecule is COc1csc(C(=O)NCC(C)C(N)=S)c1. The normalized spacial score (nSPS) is 11.9. The van der Waals surface area contributed by atoms with Gasteiger partial charge in [-0.05, 0) is 0 Å². The van der Waals surface area contributed by atoms with Crippen molar-refractivity contribution < 1.29 is 9.53 Å². The Morgan fingerprint density at radius 1 is 1.75 bits per heavy atom. The van der Waals surface area contributed by atoms with E-state index in [2.05, 4.69) is 5.32 Å². The predicted molar refractivity (Wildman–Crippen MR) is 69.2 cm³/mol. The second-order valence-electron chi connectivity index (χ2n) is 3.36. The van der Waals surface area contributed by atoms with Crippen LogP contribution in [0.2, 0.25) is 0 Å². The Balaban J connectivity index is 2.49. The molecule has 0 aliphatic carbocycles. The fourth-order valence-corrected chi connectivity index (χ4v) is 1.83. The minimum absolute atomic E-state index is 0.000748. The Morgan fingerprint density at radius 2 is 2.44 bits per heavy atom. The number of thiophene rings is 1. The van der Waals surface area contributed by atoms with Crippen molar-refractivity contribution in [1.82, 2.24) is 5.32 Å². The molecule has 1 rings (SSSR count). The van der Waals surface area contributed by atoms with Crippen LogP contribution in [0.4, 0.5) is 0 Å². The van der Waals surface area contributed by atoms with Crippen molar-refractivity contribution in [1.29, 1.82) is 0 Å². The molecule has 6 heteroatoms. The zero-order valence-electron chi connectivity index (χ0n) is 9.15. The van der Waals surface area contributed by atoms with Gasteiger partial charge >= 0.3 is 0 Å². The van der Waals surface area contributed by atoms with Crippen LogP contribution in [0.1, 0.15) is 16.6 Å². The molecule has 0 aliphatic rings. The van der Waals surface area contributed by atoms with Crippen LogP contribution in [-0.4, -0.2) is 24.6 Å². The van der Waals surface area contributed by atoms with E-state index in [0.717, 1.165) is 0 Å². The van der Waals surface area contributed by atoms with Crippen molar-refractivity contribution in [3.05, 3.63) is 16.3 Å². The summed E-state index contributed by atoms with van der Waals surface area (Å²) >= 11 is 6.16. The van der Waals surface area contributed by atoms with Gasteiger partial charge in [-0.25, -0.2) is 0 Å². The molecule has 3 N–H and O–H groups in total. The first kappa shape index (κ1) is 12.9. The maximum atomic E-state index is 11.7. The molecule has 0 bridgehead atoms. The molecule has 16 heavy (non-hydrogen) atoms. The number of hydrogen-bond donors (Lipinski definition) is 2. The van der Waals surface area contributed by atoms with Gasteiger partial charge in [0, 0.05) is 23.9 Å². The third-order valence-corrected chi connectivity index (χ3v) is 3.40. The molecule has 1 atom stereocenters. The van der Waals surface area contributed by atoms with Crippen molar-refractivity contribution >= 4 is 34.5 Å². The van der Waals surface area contributed by atoms with Crippen LogP contribution in [0.3, 0.4) is 0 Å². The number of methoxy groups -OCH3 is 1. The number of rotatable bonds is 5. The lowest BCUT2D eigenvalue weighted by Gasteiger charge is -2.09. The predicted octanol–water partition coefficient (Wildman–Crippen LogP) is 1.41. The van der Waals surface area contributed by atoms with Gasteiger partial charge in [0.05, 0.1) is 17.0 Å². The van der Waals surface area contributed by atoms with Crippen LogP contribution in [0.15, 0.2) is 11.4 Å². The number of amides is 1. The molecule has 0 aliphatic heterocycles. The first-order valence-electron chi connectivity index (χ1n) is 4.74. The molecule has 1 amide bonds. The number of hydrogen-bond acceptors (Lipinski definition) is 4. The highest BCUT2D eigenvalue weighted by Gasteiger charge is 2.11. The monoisotopic (exact) mass is 258 g/mol. The van der Waals surface area contributed by atoms with Gasteiger partial charge in [-0.1, -0.05) is 19.1 Å². The molecule has 0 fully saturated rings. The maximum absolute atomic E-state index is 11.7. The number of nitrogens with two attached hydrogens (primary N) is 1. The Hall–Kier alpha value is -1.14. The molecular weight excluding hydrogens is 244 g/mol. The molecule has 4 nitrogen and oxygen atoms in total. The number of carbonyl (C=O) groups excluding carboxylic acids is 1. The van der Waals surface area contributed by atoms with Crippen molar-refractivity contribution in [2.75, 3.05) is 13.7 Å². The first-order valence-corrected chi connectivity index (χ1v) is 6.03. The number of thiocarbonyl (C=S) groups is 1. The molecule has 0 saturated heterocycles. The van der Waals surface area contributed by atoms with Gasteiger partial charge in [0.25, 0.3) is 5.91 Å². The molecule has 1 heterocycles. The Morgan fingerprint density at radius 3 is 2.94 bits per heavy atom. The van der Waals surface area contributed by atoms with Crippen molar-refractivity contribution in [3.63, 3.8) is 0 Å². The lowest BCUT2D eigenvalue weighted by atomic mass is 10.2. The van der Waals surface area contributed by atoms with E-state index in [1.165, 1.54) is 11.3 Å². The maximum Gasteiger partial charge on any atom is 0.261 e. The molecule has 1 aromatic rings. The summed E-state index contributed by atoms with van der Waals surface area (Å²) in [5.41, 5.74) is 5.45. The number of nitrogens with one attached hydrogen (secondary N) is 1. The highest BCUT2D eigenvalue weighted by atomic mass is 32.1. The van der Waals surface area contributed by atoms with Gasteiger partial charge < -0.3 is 15.8 Å². The quantitative estimate of drug-likeness (QED) is 0.784. The molecule has 0 radical (unpaired) electrons. The fraction of sp³-hybridized carbons (Fsp3) is 0.400. The van der Waals surface area contributed by atoms with E-state index < -0.39 is 0 Å². The second kappa shape index (κ2) is 5.81. The van der Waals surface area contributed by atoms with E-state index in [4.69, 9.17) is 22.7 Å². The summed E-state index contributed by atoms with van der Waals surface area (Å²) in [5, 5.41) is 4.55. The molecule has 1 aromatic heterocycles. The number of carbonyl (C=O) groups is 1. The molecular formula is C10H14N2O2S2. The van der Waals surface area contributed by atoms with E-state index in [1.54, 1.807) is 18.6 Å². The molecule has 0 saturated carbocycles. The van der Waals surface area contributed by atoms with Crippen molar-refractivity contribution in [3.8, 4) is 5.75 Å². The third kappa shape index (κ3) is 3.46. The van der Waals surface area contributed by atoms with Crippen LogP contribution in [0.5, 0.6) is 5.75 Å². The van der Waals surface area contributed by atoms with Crippen LogP contribution >= 0.6 is 23.6 Å². The summed E-state index contributed by atoms with van der Waals surface area (Å²) in [4.78, 5) is 12.7. The first-order chi connectivity index (χ1) is 7.54. The minimum atomic E-state index is -0.128. The standard InChI is InChI=1S/C10H14N2O2S2/c1-6(9(11)15)4-12-10(13)8-3-7(14-2)5-16-8/h3,5-6H,4H2,1-2H3,(H2,11,15)(H,12,13). The van der Waals surface area contributed by atoms with Gasteiger partial charge in [0.2, 0.25) is 0 Å². The number of ether oxygens (including phenoxy) is 1. The minimum Gasteiger partial charge on any atom is -0.496 e. The summed E-state index contributed by atoms with van der Waals surface area (Å²) in [7, 11) is 1.57. The van der Waals surface area contributed by atoms with E-state index >= 15 is 0 Å². The van der Waals surface area contributed by atoms with E-state index in [0.29, 0.717) is 22.2 Å². The van der Waals surface area contributed by atoms with E-state index in [-0.39, 0.29) is 11.8 Å². The van der Waals surface area contributed by atoms with Crippen molar-refractivity contribution in [2.45, 2.75) is 6.92 Å². The zero-order valence-corrected chi connectivity index (χ0v) is 10.8. The van der Waals surface area contributed by atoms with Crippen molar-refractivity contribution in [2.24, 2.45) is 11.7 Å². The largest absolute Gasteiger partial charge is 0.496 e. The van der Waals surface area contributed by atoms with Gasteiger partial charge in [-0.3, -0.25) is 4.79 Å².